The number of rotatable bonds is 4. The normalized spacial score (nSPS) is 19.3. The molecule has 0 saturated heterocycles. The van der Waals surface area contributed by atoms with Crippen molar-refractivity contribution in [2.75, 3.05) is 0 Å². The Morgan fingerprint density at radius 2 is 1.54 bits per heavy atom. The van der Waals surface area contributed by atoms with Crippen LogP contribution in [0.3, 0.4) is 0 Å². The van der Waals surface area contributed by atoms with Gasteiger partial charge in [0.1, 0.15) is 12.1 Å². The van der Waals surface area contributed by atoms with E-state index in [1.165, 1.54) is 17.7 Å². The van der Waals surface area contributed by atoms with Gasteiger partial charge in [-0.05, 0) is 61.4 Å². The number of nitrogens with one attached hydrogen (secondary N) is 1. The van der Waals surface area contributed by atoms with Crippen molar-refractivity contribution in [1.82, 2.24) is 4.72 Å². The van der Waals surface area contributed by atoms with Gasteiger partial charge in [-0.15, -0.1) is 0 Å². The molecular weight excluding hydrogens is 392 g/mol. The van der Waals surface area contributed by atoms with Crippen molar-refractivity contribution in [2.24, 2.45) is 0 Å². The lowest BCUT2D eigenvalue weighted by molar-refractivity contribution is -0.756. The summed E-state index contributed by atoms with van der Waals surface area (Å²) < 4.78 is 29.2. The van der Waals surface area contributed by atoms with Crippen LogP contribution in [0.5, 0.6) is 0 Å². The highest BCUT2D eigenvalue weighted by molar-refractivity contribution is 7.89. The van der Waals surface area contributed by atoms with Gasteiger partial charge in [-0.25, -0.2) is 8.42 Å². The minimum absolute atomic E-state index is 0.0387. The quantitative estimate of drug-likeness (QED) is 0.678. The van der Waals surface area contributed by atoms with Gasteiger partial charge in [0.15, 0.2) is 0 Å². The molecule has 3 aromatic carbocycles. The predicted molar refractivity (Wildman–Crippen MR) is 113 cm³/mol. The molecule has 0 aliphatic heterocycles. The van der Waals surface area contributed by atoms with Gasteiger partial charge < -0.3 is 5.32 Å². The number of hydrogen-bond donors (Lipinski definition) is 2. The van der Waals surface area contributed by atoms with Crippen LogP contribution in [0.1, 0.15) is 44.0 Å². The fourth-order valence-corrected chi connectivity index (χ4v) is 5.38. The maximum atomic E-state index is 13.1. The van der Waals surface area contributed by atoms with E-state index in [0.717, 1.165) is 16.3 Å². The molecule has 0 unspecified atom stereocenters. The van der Waals surface area contributed by atoms with Gasteiger partial charge in [0.25, 0.3) is 0 Å². The van der Waals surface area contributed by atoms with E-state index in [4.69, 9.17) is 11.6 Å². The van der Waals surface area contributed by atoms with E-state index in [1.54, 1.807) is 12.1 Å². The van der Waals surface area contributed by atoms with Crippen LogP contribution < -0.4 is 10.0 Å². The molecular formula is C22H24ClN2O2S+. The van der Waals surface area contributed by atoms with Crippen LogP contribution in [-0.2, 0) is 10.0 Å². The van der Waals surface area contributed by atoms with E-state index >= 15 is 0 Å². The summed E-state index contributed by atoms with van der Waals surface area (Å²) in [5, 5.41) is 5.04. The summed E-state index contributed by atoms with van der Waals surface area (Å²) >= 11 is 5.92. The van der Waals surface area contributed by atoms with Crippen LogP contribution in [0.25, 0.3) is 10.8 Å². The van der Waals surface area contributed by atoms with E-state index in [9.17, 15) is 8.42 Å². The first-order valence-electron chi connectivity index (χ1n) is 9.31. The molecule has 0 heterocycles. The highest BCUT2D eigenvalue weighted by Crippen LogP contribution is 2.43. The average molecular weight is 416 g/mol. The first-order chi connectivity index (χ1) is 13.2. The molecule has 1 aliphatic carbocycles. The van der Waals surface area contributed by atoms with Gasteiger partial charge in [-0.2, -0.15) is 4.72 Å². The minimum Gasteiger partial charge on any atom is -0.334 e. The van der Waals surface area contributed by atoms with Crippen molar-refractivity contribution in [3.05, 3.63) is 76.8 Å². The zero-order valence-electron chi connectivity index (χ0n) is 16.1. The van der Waals surface area contributed by atoms with Gasteiger partial charge in [0, 0.05) is 10.6 Å². The van der Waals surface area contributed by atoms with Crippen molar-refractivity contribution >= 4 is 32.4 Å². The Bertz CT molecular complexity index is 1130. The number of benzene rings is 3. The van der Waals surface area contributed by atoms with Crippen LogP contribution >= 0.6 is 11.6 Å². The lowest BCUT2D eigenvalue weighted by atomic mass is 10.0. The van der Waals surface area contributed by atoms with Gasteiger partial charge in [0.05, 0.1) is 10.4 Å². The third-order valence-corrected chi connectivity index (χ3v) is 6.82. The minimum atomic E-state index is -3.69. The van der Waals surface area contributed by atoms with Gasteiger partial charge in [0.2, 0.25) is 10.0 Å². The molecule has 0 amide bonds. The highest BCUT2D eigenvalue weighted by atomic mass is 35.5. The average Bonchev–Trinajstić information content (AvgIpc) is 2.89. The molecule has 0 saturated carbocycles. The Labute approximate surface area is 171 Å². The zero-order chi connectivity index (χ0) is 20.1. The van der Waals surface area contributed by atoms with Crippen LogP contribution in [0.4, 0.5) is 0 Å². The molecule has 146 valence electrons. The molecule has 4 rings (SSSR count). The number of quaternary nitrogens is 1. The van der Waals surface area contributed by atoms with Gasteiger partial charge in [-0.3, -0.25) is 0 Å². The number of nitrogens with two attached hydrogens (primary N) is 1. The molecule has 1 aliphatic rings. The molecule has 6 heteroatoms. The van der Waals surface area contributed by atoms with Crippen LogP contribution in [0, 0.1) is 0 Å². The lowest BCUT2D eigenvalue weighted by Gasteiger charge is -2.28. The van der Waals surface area contributed by atoms with Crippen molar-refractivity contribution in [3.63, 3.8) is 0 Å². The second-order valence-corrected chi connectivity index (χ2v) is 10.6. The van der Waals surface area contributed by atoms with Crippen molar-refractivity contribution in [3.8, 4) is 0 Å². The Hall–Kier alpha value is -1.92. The second-order valence-electron chi connectivity index (χ2n) is 8.40. The molecule has 0 bridgehead atoms. The molecule has 28 heavy (non-hydrogen) atoms. The molecule has 4 nitrogen and oxygen atoms in total. The summed E-state index contributed by atoms with van der Waals surface area (Å²) in [6.45, 7) is 6.42. The van der Waals surface area contributed by atoms with E-state index in [2.05, 4.69) is 49.0 Å². The number of halogens is 1. The maximum Gasteiger partial charge on any atom is 0.241 e. The molecule has 0 fully saturated rings. The maximum absolute atomic E-state index is 13.1. The lowest BCUT2D eigenvalue weighted by Crippen LogP contribution is -2.95. The van der Waals surface area contributed by atoms with Crippen molar-refractivity contribution in [1.29, 1.82) is 0 Å². The Morgan fingerprint density at radius 3 is 2.14 bits per heavy atom. The summed E-state index contributed by atoms with van der Waals surface area (Å²) in [6, 6.07) is 18.2. The molecule has 3 N–H and O–H groups in total. The van der Waals surface area contributed by atoms with E-state index in [0.29, 0.717) is 5.02 Å². The third-order valence-electron chi connectivity index (χ3n) is 5.11. The fourth-order valence-electron chi connectivity index (χ4n) is 4.02. The summed E-state index contributed by atoms with van der Waals surface area (Å²) in [5.74, 6) is 0. The standard InChI is InChI=1S/C22H23ClN2O2S/c1-22(2,3)24-20-17-8-4-6-14-7-5-9-18(19(14)17)21(20)25-28(26,27)16-12-10-15(23)11-13-16/h4-13,20-21,24-25H,1-3H3/p+1/t20-,21-/m1/s1. The van der Waals surface area contributed by atoms with Gasteiger partial charge >= 0.3 is 0 Å². The van der Waals surface area contributed by atoms with Crippen molar-refractivity contribution in [2.45, 2.75) is 43.3 Å². The van der Waals surface area contributed by atoms with E-state index < -0.39 is 10.0 Å². The topological polar surface area (TPSA) is 62.8 Å². The Morgan fingerprint density at radius 1 is 0.929 bits per heavy atom. The Kier molecular flexibility index (Phi) is 4.74. The fraction of sp³-hybridized carbons (Fsp3) is 0.273. The second kappa shape index (κ2) is 6.85. The van der Waals surface area contributed by atoms with Gasteiger partial charge in [-0.1, -0.05) is 48.0 Å². The summed E-state index contributed by atoms with van der Waals surface area (Å²) in [5.41, 5.74) is 2.14. The third kappa shape index (κ3) is 3.55. The van der Waals surface area contributed by atoms with E-state index in [1.807, 2.05) is 18.2 Å². The van der Waals surface area contributed by atoms with Crippen LogP contribution in [0.15, 0.2) is 65.6 Å². The van der Waals surface area contributed by atoms with E-state index in [-0.39, 0.29) is 22.5 Å². The first-order valence-corrected chi connectivity index (χ1v) is 11.2. The largest absolute Gasteiger partial charge is 0.334 e. The summed E-state index contributed by atoms with van der Waals surface area (Å²) in [7, 11) is -3.69. The zero-order valence-corrected chi connectivity index (χ0v) is 17.7. The first kappa shape index (κ1) is 19.4. The number of hydrogen-bond acceptors (Lipinski definition) is 2. The SMILES string of the molecule is CC(C)(C)[NH2+][C@@H]1c2cccc3cccc(c23)[C@H]1NS(=O)(=O)c1ccc(Cl)cc1. The predicted octanol–water partition coefficient (Wildman–Crippen LogP) is 3.93. The molecule has 0 aromatic heterocycles. The summed E-state index contributed by atoms with van der Waals surface area (Å²) in [4.78, 5) is 0.217. The molecule has 2 atom stereocenters. The van der Waals surface area contributed by atoms with Crippen LogP contribution in [-0.4, -0.2) is 14.0 Å². The summed E-state index contributed by atoms with van der Waals surface area (Å²) in [6.07, 6.45) is 0. The molecule has 3 aromatic rings. The molecule has 0 radical (unpaired) electrons. The van der Waals surface area contributed by atoms with Crippen molar-refractivity contribution < 1.29 is 13.7 Å². The smallest absolute Gasteiger partial charge is 0.241 e. The highest BCUT2D eigenvalue weighted by Gasteiger charge is 2.41. The number of sulfonamides is 1. The Balaban J connectivity index is 1.80. The monoisotopic (exact) mass is 415 g/mol. The molecule has 0 spiro atoms. The van der Waals surface area contributed by atoms with Crippen LogP contribution in [0.2, 0.25) is 5.02 Å².